The topological polar surface area (TPSA) is 47.6 Å². The Morgan fingerprint density at radius 2 is 2.00 bits per heavy atom. The fraction of sp³-hybridized carbons (Fsp3) is 0.190. The Morgan fingerprint density at radius 3 is 2.77 bits per heavy atom. The Balaban J connectivity index is 1.60. The number of carbonyl (C=O) groups excluding carboxylic acids is 1. The summed E-state index contributed by atoms with van der Waals surface area (Å²) in [5, 5.41) is 6.31. The molecule has 9 heteroatoms. The molecule has 0 saturated carbocycles. The third-order valence-corrected chi connectivity index (χ3v) is 7.80. The lowest BCUT2D eigenvalue weighted by molar-refractivity contribution is -0.120. The molecule has 1 atom stereocenters. The summed E-state index contributed by atoms with van der Waals surface area (Å²) >= 11 is 13.5. The SMILES string of the molecule is O=C(NC=Cc1ccc(F)c(Cl)c1)C(c1csc2ccc(Cl)cc12)P1OCCCO1. The maximum absolute atomic E-state index is 13.3. The molecule has 0 aliphatic carbocycles. The van der Waals surface area contributed by atoms with E-state index in [1.165, 1.54) is 18.3 Å². The number of amides is 1. The highest BCUT2D eigenvalue weighted by atomic mass is 35.5. The van der Waals surface area contributed by atoms with Crippen LogP contribution in [-0.4, -0.2) is 19.1 Å². The second-order valence-electron chi connectivity index (χ2n) is 6.55. The van der Waals surface area contributed by atoms with Crippen molar-refractivity contribution in [3.63, 3.8) is 0 Å². The van der Waals surface area contributed by atoms with E-state index in [1.54, 1.807) is 23.5 Å². The Bertz CT molecular complexity index is 1100. The number of carbonyl (C=O) groups is 1. The number of benzene rings is 2. The maximum atomic E-state index is 13.3. The molecule has 1 unspecified atom stereocenters. The molecule has 1 N–H and O–H groups in total. The fourth-order valence-electron chi connectivity index (χ4n) is 3.05. The summed E-state index contributed by atoms with van der Waals surface area (Å²) in [5.74, 6) is -0.734. The summed E-state index contributed by atoms with van der Waals surface area (Å²) in [4.78, 5) is 13.2. The van der Waals surface area contributed by atoms with Crippen LogP contribution in [0, 0.1) is 5.82 Å². The van der Waals surface area contributed by atoms with Crippen LogP contribution in [-0.2, 0) is 13.8 Å². The minimum atomic E-state index is -1.44. The van der Waals surface area contributed by atoms with Crippen molar-refractivity contribution in [2.45, 2.75) is 12.1 Å². The average Bonchev–Trinajstić information content (AvgIpc) is 3.14. The molecule has 30 heavy (non-hydrogen) atoms. The lowest BCUT2D eigenvalue weighted by Gasteiger charge is -2.28. The number of rotatable bonds is 5. The van der Waals surface area contributed by atoms with Gasteiger partial charge in [0.05, 0.1) is 18.2 Å². The molecule has 0 radical (unpaired) electrons. The Morgan fingerprint density at radius 1 is 1.20 bits per heavy atom. The molecule has 1 amide bonds. The molecular formula is C21H17Cl2FNO3PS. The van der Waals surface area contributed by atoms with Gasteiger partial charge in [-0.15, -0.1) is 11.3 Å². The normalized spacial score (nSPS) is 16.2. The van der Waals surface area contributed by atoms with E-state index in [4.69, 9.17) is 32.2 Å². The number of halogens is 3. The minimum Gasteiger partial charge on any atom is -0.333 e. The highest BCUT2D eigenvalue weighted by Gasteiger charge is 2.35. The predicted octanol–water partition coefficient (Wildman–Crippen LogP) is 6.92. The molecule has 2 aromatic carbocycles. The van der Waals surface area contributed by atoms with Crippen molar-refractivity contribution in [3.8, 4) is 0 Å². The first-order valence-corrected chi connectivity index (χ1v) is 12.0. The zero-order valence-corrected chi connectivity index (χ0v) is 18.8. The van der Waals surface area contributed by atoms with Gasteiger partial charge in [-0.05, 0) is 64.7 Å². The van der Waals surface area contributed by atoms with Crippen molar-refractivity contribution in [2.24, 2.45) is 0 Å². The molecule has 0 spiro atoms. The second-order valence-corrected chi connectivity index (χ2v) is 9.91. The van der Waals surface area contributed by atoms with Gasteiger partial charge in [-0.2, -0.15) is 0 Å². The van der Waals surface area contributed by atoms with Crippen LogP contribution in [0.25, 0.3) is 16.2 Å². The van der Waals surface area contributed by atoms with Gasteiger partial charge in [-0.25, -0.2) is 4.39 Å². The van der Waals surface area contributed by atoms with E-state index in [2.05, 4.69) is 5.32 Å². The largest absolute Gasteiger partial charge is 0.333 e. The van der Waals surface area contributed by atoms with Crippen molar-refractivity contribution >= 4 is 65.0 Å². The highest BCUT2D eigenvalue weighted by molar-refractivity contribution is 7.49. The van der Waals surface area contributed by atoms with E-state index in [-0.39, 0.29) is 10.9 Å². The number of fused-ring (bicyclic) bond motifs is 1. The molecule has 1 fully saturated rings. The van der Waals surface area contributed by atoms with E-state index >= 15 is 0 Å². The molecule has 1 saturated heterocycles. The number of nitrogens with one attached hydrogen (secondary N) is 1. The number of hydrogen-bond donors (Lipinski definition) is 1. The average molecular weight is 484 g/mol. The van der Waals surface area contributed by atoms with E-state index in [9.17, 15) is 9.18 Å². The molecular weight excluding hydrogens is 467 g/mol. The molecule has 1 aliphatic heterocycles. The minimum absolute atomic E-state index is 0.0236. The van der Waals surface area contributed by atoms with E-state index in [0.29, 0.717) is 23.8 Å². The van der Waals surface area contributed by atoms with Gasteiger partial charge in [0.25, 0.3) is 0 Å². The predicted molar refractivity (Wildman–Crippen MR) is 122 cm³/mol. The van der Waals surface area contributed by atoms with Gasteiger partial charge in [0.1, 0.15) is 11.5 Å². The van der Waals surface area contributed by atoms with Crippen LogP contribution < -0.4 is 5.32 Å². The summed E-state index contributed by atoms with van der Waals surface area (Å²) in [6, 6.07) is 9.97. The van der Waals surface area contributed by atoms with Crippen LogP contribution in [0.1, 0.15) is 23.2 Å². The van der Waals surface area contributed by atoms with Crippen LogP contribution in [0.15, 0.2) is 48.0 Å². The van der Waals surface area contributed by atoms with Crippen LogP contribution in [0.3, 0.4) is 0 Å². The maximum Gasteiger partial charge on any atom is 0.240 e. The van der Waals surface area contributed by atoms with Crippen molar-refractivity contribution in [1.29, 1.82) is 0 Å². The highest BCUT2D eigenvalue weighted by Crippen LogP contribution is 2.56. The lowest BCUT2D eigenvalue weighted by atomic mass is 10.1. The van der Waals surface area contributed by atoms with Gasteiger partial charge < -0.3 is 14.4 Å². The third kappa shape index (κ3) is 4.86. The van der Waals surface area contributed by atoms with Gasteiger partial charge in [0.15, 0.2) is 8.38 Å². The zero-order chi connectivity index (χ0) is 21.1. The van der Waals surface area contributed by atoms with Gasteiger partial charge in [0, 0.05) is 15.9 Å². The molecule has 1 aromatic heterocycles. The summed E-state index contributed by atoms with van der Waals surface area (Å²) in [6.45, 7) is 1.12. The zero-order valence-electron chi connectivity index (χ0n) is 15.6. The summed E-state index contributed by atoms with van der Waals surface area (Å²) in [5.41, 5.74) is 0.900. The molecule has 4 nitrogen and oxygen atoms in total. The van der Waals surface area contributed by atoms with Crippen LogP contribution in [0.4, 0.5) is 4.39 Å². The van der Waals surface area contributed by atoms with Gasteiger partial charge >= 0.3 is 0 Å². The van der Waals surface area contributed by atoms with Gasteiger partial charge in [-0.1, -0.05) is 29.3 Å². The van der Waals surface area contributed by atoms with Crippen molar-refractivity contribution in [1.82, 2.24) is 5.32 Å². The van der Waals surface area contributed by atoms with Gasteiger partial charge in [-0.3, -0.25) is 4.79 Å². The fourth-order valence-corrected chi connectivity index (χ4v) is 6.18. The Hall–Kier alpha value is -1.53. The van der Waals surface area contributed by atoms with Crippen LogP contribution >= 0.6 is 42.9 Å². The molecule has 2 heterocycles. The molecule has 3 aromatic rings. The number of thiophene rings is 1. The summed E-state index contributed by atoms with van der Waals surface area (Å²) < 4.78 is 26.0. The van der Waals surface area contributed by atoms with E-state index in [0.717, 1.165) is 22.1 Å². The summed E-state index contributed by atoms with van der Waals surface area (Å²) in [7, 11) is -1.44. The molecule has 0 bridgehead atoms. The molecule has 1 aliphatic rings. The first kappa shape index (κ1) is 21.7. The Kier molecular flexibility index (Phi) is 7.04. The summed E-state index contributed by atoms with van der Waals surface area (Å²) in [6.07, 6.45) is 3.97. The van der Waals surface area contributed by atoms with Crippen molar-refractivity contribution in [3.05, 3.63) is 75.0 Å². The smallest absolute Gasteiger partial charge is 0.240 e. The van der Waals surface area contributed by atoms with Crippen molar-refractivity contribution in [2.75, 3.05) is 13.2 Å². The first-order valence-electron chi connectivity index (χ1n) is 9.16. The van der Waals surface area contributed by atoms with E-state index in [1.807, 2.05) is 23.6 Å². The van der Waals surface area contributed by atoms with Crippen LogP contribution in [0.2, 0.25) is 10.0 Å². The van der Waals surface area contributed by atoms with Gasteiger partial charge in [0.2, 0.25) is 5.91 Å². The quantitative estimate of drug-likeness (QED) is 0.400. The molecule has 4 rings (SSSR count). The second kappa shape index (κ2) is 9.73. The monoisotopic (exact) mass is 483 g/mol. The van der Waals surface area contributed by atoms with Crippen molar-refractivity contribution < 1.29 is 18.2 Å². The standard InChI is InChI=1S/C21H17Cl2FNO3PS/c22-14-3-5-19-15(11-14)16(12-30-19)20(29-27-8-1-9-28-29)21(26)25-7-6-13-2-4-18(24)17(23)10-13/h2-7,10-12,20H,1,8-9H2,(H,25,26). The van der Waals surface area contributed by atoms with Crippen LogP contribution in [0.5, 0.6) is 0 Å². The lowest BCUT2D eigenvalue weighted by Crippen LogP contribution is -2.26. The number of hydrogen-bond acceptors (Lipinski definition) is 4. The third-order valence-electron chi connectivity index (χ3n) is 4.49. The van der Waals surface area contributed by atoms with E-state index < -0.39 is 19.9 Å². The molecule has 156 valence electrons. The Labute approximate surface area is 188 Å². The first-order chi connectivity index (χ1) is 14.5.